The van der Waals surface area contributed by atoms with Crippen LogP contribution < -0.4 is 10.6 Å². The van der Waals surface area contributed by atoms with Gasteiger partial charge in [0, 0.05) is 26.4 Å². The van der Waals surface area contributed by atoms with E-state index in [2.05, 4.69) is 10.6 Å². The summed E-state index contributed by atoms with van der Waals surface area (Å²) in [5, 5.41) is 5.58. The largest absolute Gasteiger partial charge is 0.352 e. The van der Waals surface area contributed by atoms with E-state index in [0.29, 0.717) is 13.0 Å². The van der Waals surface area contributed by atoms with Gasteiger partial charge in [0.1, 0.15) is 4.90 Å². The highest BCUT2D eigenvalue weighted by atomic mass is 32.2. The lowest BCUT2D eigenvalue weighted by Gasteiger charge is -2.36. The molecule has 1 aliphatic rings. The average molecular weight is 506 g/mol. The monoisotopic (exact) mass is 505 g/mol. The molecule has 0 saturated heterocycles. The molecule has 0 aromatic heterocycles. The number of sulfonamides is 1. The topological polar surface area (TPSA) is 95.6 Å². The van der Waals surface area contributed by atoms with Gasteiger partial charge in [-0.2, -0.15) is 4.31 Å². The number of anilines is 1. The van der Waals surface area contributed by atoms with Crippen molar-refractivity contribution in [2.75, 3.05) is 11.9 Å². The summed E-state index contributed by atoms with van der Waals surface area (Å²) in [6.07, 6.45) is 0.529. The van der Waals surface area contributed by atoms with Gasteiger partial charge >= 0.3 is 0 Å². The highest BCUT2D eigenvalue weighted by Gasteiger charge is 2.38. The van der Waals surface area contributed by atoms with Crippen LogP contribution in [0, 0.1) is 13.8 Å². The van der Waals surface area contributed by atoms with Crippen molar-refractivity contribution < 1.29 is 18.0 Å². The molecular weight excluding hydrogens is 474 g/mol. The Balaban J connectivity index is 1.66. The predicted octanol–water partition coefficient (Wildman–Crippen LogP) is 4.26. The zero-order valence-electron chi connectivity index (χ0n) is 20.7. The molecule has 3 aromatic rings. The highest BCUT2D eigenvalue weighted by molar-refractivity contribution is 7.89. The van der Waals surface area contributed by atoms with Crippen LogP contribution in [0.4, 0.5) is 5.69 Å². The molecular formula is C28H31N3O4S. The molecule has 0 radical (unpaired) electrons. The molecule has 2 amide bonds. The van der Waals surface area contributed by atoms with Crippen LogP contribution in [0.15, 0.2) is 71.6 Å². The molecule has 3 aromatic carbocycles. The van der Waals surface area contributed by atoms with E-state index in [1.54, 1.807) is 25.1 Å². The zero-order valence-corrected chi connectivity index (χ0v) is 21.6. The Morgan fingerprint density at radius 3 is 2.47 bits per heavy atom. The van der Waals surface area contributed by atoms with E-state index in [1.807, 2.05) is 55.5 Å². The van der Waals surface area contributed by atoms with E-state index >= 15 is 0 Å². The molecule has 0 fully saturated rings. The van der Waals surface area contributed by atoms with Gasteiger partial charge in [-0.25, -0.2) is 8.42 Å². The summed E-state index contributed by atoms with van der Waals surface area (Å²) in [5.41, 5.74) is 4.94. The zero-order chi connectivity index (χ0) is 25.9. The number of carbonyl (C=O) groups is 2. The molecule has 8 heteroatoms. The molecule has 0 spiro atoms. The number of benzene rings is 3. The second-order valence-electron chi connectivity index (χ2n) is 9.23. The summed E-state index contributed by atoms with van der Waals surface area (Å²) in [6, 6.07) is 19.8. The van der Waals surface area contributed by atoms with Crippen LogP contribution in [0.3, 0.4) is 0 Å². The van der Waals surface area contributed by atoms with Crippen LogP contribution >= 0.6 is 0 Å². The first-order chi connectivity index (χ1) is 17.1. The molecule has 0 saturated carbocycles. The molecule has 2 N–H and O–H groups in total. The first-order valence-corrected chi connectivity index (χ1v) is 13.4. The predicted molar refractivity (Wildman–Crippen MR) is 140 cm³/mol. The molecule has 1 aliphatic heterocycles. The molecule has 36 heavy (non-hydrogen) atoms. The van der Waals surface area contributed by atoms with Gasteiger partial charge in [0.25, 0.3) is 0 Å². The minimum Gasteiger partial charge on any atom is -0.352 e. The number of nitrogens with one attached hydrogen (secondary N) is 2. The normalized spacial score (nSPS) is 15.7. The van der Waals surface area contributed by atoms with E-state index in [9.17, 15) is 18.0 Å². The van der Waals surface area contributed by atoms with E-state index in [-0.39, 0.29) is 35.4 Å². The fraction of sp³-hybridized carbons (Fsp3) is 0.286. The third-order valence-corrected chi connectivity index (χ3v) is 8.30. The maximum absolute atomic E-state index is 14.0. The summed E-state index contributed by atoms with van der Waals surface area (Å²) in [6.45, 7) is 5.75. The Kier molecular flexibility index (Phi) is 7.56. The first kappa shape index (κ1) is 25.6. The van der Waals surface area contributed by atoms with Crippen LogP contribution in [-0.4, -0.2) is 31.1 Å². The lowest BCUT2D eigenvalue weighted by molar-refractivity contribution is -0.122. The number of rotatable bonds is 7. The number of nitrogens with zero attached hydrogens (tertiary/aromatic N) is 1. The van der Waals surface area contributed by atoms with E-state index < -0.39 is 16.1 Å². The Morgan fingerprint density at radius 1 is 0.972 bits per heavy atom. The minimum atomic E-state index is -4.03. The summed E-state index contributed by atoms with van der Waals surface area (Å²) >= 11 is 0. The smallest absolute Gasteiger partial charge is 0.245 e. The van der Waals surface area contributed by atoms with Crippen LogP contribution in [0.2, 0.25) is 0 Å². The van der Waals surface area contributed by atoms with E-state index in [4.69, 9.17) is 0 Å². The number of hydrogen-bond donors (Lipinski definition) is 2. The lowest BCUT2D eigenvalue weighted by atomic mass is 9.92. The van der Waals surface area contributed by atoms with Crippen LogP contribution in [0.5, 0.6) is 0 Å². The number of hydrogen-bond acceptors (Lipinski definition) is 4. The van der Waals surface area contributed by atoms with Crippen molar-refractivity contribution in [2.45, 2.75) is 51.1 Å². The molecule has 7 nitrogen and oxygen atoms in total. The second kappa shape index (κ2) is 10.6. The summed E-state index contributed by atoms with van der Waals surface area (Å²) < 4.78 is 29.4. The lowest BCUT2D eigenvalue weighted by Crippen LogP contribution is -2.42. The van der Waals surface area contributed by atoms with Crippen LogP contribution in [0.25, 0.3) is 0 Å². The van der Waals surface area contributed by atoms with Crippen LogP contribution in [-0.2, 0) is 32.6 Å². The molecule has 188 valence electrons. The van der Waals surface area contributed by atoms with Crippen molar-refractivity contribution in [3.63, 3.8) is 0 Å². The third-order valence-electron chi connectivity index (χ3n) is 6.35. The van der Waals surface area contributed by atoms with Crippen LogP contribution in [0.1, 0.15) is 47.2 Å². The Morgan fingerprint density at radius 2 is 1.72 bits per heavy atom. The van der Waals surface area contributed by atoms with Gasteiger partial charge in [0.15, 0.2) is 0 Å². The molecule has 1 atom stereocenters. The summed E-state index contributed by atoms with van der Waals surface area (Å²) in [4.78, 5) is 24.9. The Labute approximate surface area is 212 Å². The van der Waals surface area contributed by atoms with Gasteiger partial charge in [-0.05, 0) is 54.7 Å². The standard InChI is InChI=1S/C28H31N3O4S/c1-19-7-6-8-22(15-19)18-29-28(33)17-26-24-10-5-4-9-23(24)13-14-31(26)36(34,35)27-16-20(2)11-12-25(27)30-21(3)32/h4-12,15-16,26H,13-14,17-18H2,1-3H3,(H,29,33)(H,30,32)/t26-/m0/s1. The first-order valence-electron chi connectivity index (χ1n) is 12.0. The maximum atomic E-state index is 14.0. The van der Waals surface area contributed by atoms with Gasteiger partial charge in [-0.3, -0.25) is 9.59 Å². The van der Waals surface area contributed by atoms with Gasteiger partial charge in [0.2, 0.25) is 21.8 Å². The van der Waals surface area contributed by atoms with Gasteiger partial charge in [0.05, 0.1) is 11.7 Å². The fourth-order valence-corrected chi connectivity index (χ4v) is 6.50. The van der Waals surface area contributed by atoms with Crippen molar-refractivity contribution in [1.29, 1.82) is 0 Å². The molecule has 4 rings (SSSR count). The van der Waals surface area contributed by atoms with Gasteiger partial charge in [-0.15, -0.1) is 0 Å². The number of amides is 2. The van der Waals surface area contributed by atoms with Gasteiger partial charge < -0.3 is 10.6 Å². The van der Waals surface area contributed by atoms with Gasteiger partial charge in [-0.1, -0.05) is 60.2 Å². The van der Waals surface area contributed by atoms with Crippen molar-refractivity contribution in [2.24, 2.45) is 0 Å². The Bertz CT molecular complexity index is 1400. The van der Waals surface area contributed by atoms with Crippen molar-refractivity contribution in [3.8, 4) is 0 Å². The SMILES string of the molecule is CC(=O)Nc1ccc(C)cc1S(=O)(=O)N1CCc2ccccc2[C@@H]1CC(=O)NCc1cccc(C)c1. The van der Waals surface area contributed by atoms with Crippen molar-refractivity contribution in [3.05, 3.63) is 94.5 Å². The second-order valence-corrected chi connectivity index (χ2v) is 11.1. The minimum absolute atomic E-state index is 0.0106. The third kappa shape index (κ3) is 5.66. The number of fused-ring (bicyclic) bond motifs is 1. The quantitative estimate of drug-likeness (QED) is 0.502. The summed E-state index contributed by atoms with van der Waals surface area (Å²) in [5.74, 6) is -0.587. The highest BCUT2D eigenvalue weighted by Crippen LogP contribution is 2.38. The van der Waals surface area contributed by atoms with Crippen molar-refractivity contribution >= 4 is 27.5 Å². The molecule has 0 aliphatic carbocycles. The van der Waals surface area contributed by atoms with E-state index in [0.717, 1.165) is 27.8 Å². The van der Waals surface area contributed by atoms with E-state index in [1.165, 1.54) is 11.2 Å². The number of carbonyl (C=O) groups excluding carboxylic acids is 2. The maximum Gasteiger partial charge on any atom is 0.245 e. The fourth-order valence-electron chi connectivity index (χ4n) is 4.66. The molecule has 0 unspecified atom stereocenters. The molecule has 0 bridgehead atoms. The van der Waals surface area contributed by atoms with Crippen molar-refractivity contribution in [1.82, 2.24) is 9.62 Å². The summed E-state index contributed by atoms with van der Waals surface area (Å²) in [7, 11) is -4.03. The Hall–Kier alpha value is -3.49. The average Bonchev–Trinajstić information content (AvgIpc) is 2.83. The molecule has 1 heterocycles. The number of aryl methyl sites for hydroxylation is 2.